The third-order valence-corrected chi connectivity index (χ3v) is 2.42. The van der Waals surface area contributed by atoms with E-state index in [0.717, 1.165) is 0 Å². The molecule has 0 saturated carbocycles. The minimum atomic E-state index is -0.882. The van der Waals surface area contributed by atoms with Crippen molar-refractivity contribution in [3.05, 3.63) is 0 Å². The number of nitrogens with one attached hydrogen (secondary N) is 1. The Labute approximate surface area is 96.8 Å². The van der Waals surface area contributed by atoms with Crippen LogP contribution >= 0.6 is 0 Å². The number of carboxylic acid groups (broad SMARTS) is 1. The number of carbonyl (C=O) groups excluding carboxylic acids is 1. The predicted molar refractivity (Wildman–Crippen MR) is 62.3 cm³/mol. The Balaban J connectivity index is 4.45. The van der Waals surface area contributed by atoms with Gasteiger partial charge in [0, 0.05) is 13.1 Å². The number of hydrogen-bond donors (Lipinski definition) is 2. The standard InChI is InChI=1S/C11H22N2O3/c1-5-12-11(3,4)10(16)13(6-2)8-7-9(14)15/h12H,5-8H2,1-4H3,(H,14,15). The zero-order valence-corrected chi connectivity index (χ0v) is 10.5. The molecule has 0 radical (unpaired) electrons. The number of hydrogen-bond acceptors (Lipinski definition) is 3. The van der Waals surface area contributed by atoms with Crippen LogP contribution in [0.25, 0.3) is 0 Å². The van der Waals surface area contributed by atoms with Crippen LogP contribution in [-0.4, -0.2) is 47.1 Å². The van der Waals surface area contributed by atoms with Crippen LogP contribution in [0, 0.1) is 0 Å². The molecule has 0 unspecified atom stereocenters. The van der Waals surface area contributed by atoms with Crippen LogP contribution < -0.4 is 5.32 Å². The fourth-order valence-corrected chi connectivity index (χ4v) is 1.55. The van der Waals surface area contributed by atoms with E-state index < -0.39 is 11.5 Å². The van der Waals surface area contributed by atoms with Crippen molar-refractivity contribution < 1.29 is 14.7 Å². The summed E-state index contributed by atoms with van der Waals surface area (Å²) in [6, 6.07) is 0. The first-order valence-corrected chi connectivity index (χ1v) is 5.61. The Bertz CT molecular complexity index is 252. The molecule has 0 fully saturated rings. The van der Waals surface area contributed by atoms with Gasteiger partial charge in [-0.3, -0.25) is 9.59 Å². The average molecular weight is 230 g/mol. The number of carboxylic acids is 1. The molecule has 0 heterocycles. The van der Waals surface area contributed by atoms with Gasteiger partial charge < -0.3 is 15.3 Å². The van der Waals surface area contributed by atoms with Crippen molar-refractivity contribution in [2.24, 2.45) is 0 Å². The molecule has 16 heavy (non-hydrogen) atoms. The van der Waals surface area contributed by atoms with E-state index in [0.29, 0.717) is 13.1 Å². The van der Waals surface area contributed by atoms with E-state index in [1.807, 2.05) is 27.7 Å². The highest BCUT2D eigenvalue weighted by atomic mass is 16.4. The number of rotatable bonds is 7. The van der Waals surface area contributed by atoms with Gasteiger partial charge in [-0.25, -0.2) is 0 Å². The smallest absolute Gasteiger partial charge is 0.305 e. The van der Waals surface area contributed by atoms with Gasteiger partial charge in [0.15, 0.2) is 0 Å². The summed E-state index contributed by atoms with van der Waals surface area (Å²) >= 11 is 0. The summed E-state index contributed by atoms with van der Waals surface area (Å²) in [6.07, 6.45) is -0.0121. The van der Waals surface area contributed by atoms with Crippen LogP contribution in [0.1, 0.15) is 34.1 Å². The van der Waals surface area contributed by atoms with Crippen LogP contribution in [-0.2, 0) is 9.59 Å². The van der Waals surface area contributed by atoms with Crippen LogP contribution in [0.4, 0.5) is 0 Å². The molecule has 0 rings (SSSR count). The fourth-order valence-electron chi connectivity index (χ4n) is 1.55. The Kier molecular flexibility index (Phi) is 6.03. The molecule has 5 heteroatoms. The minimum absolute atomic E-state index is 0.0121. The van der Waals surface area contributed by atoms with Gasteiger partial charge in [-0.2, -0.15) is 0 Å². The minimum Gasteiger partial charge on any atom is -0.481 e. The Hall–Kier alpha value is -1.10. The SMILES string of the molecule is CCNC(C)(C)C(=O)N(CC)CCC(=O)O. The second-order valence-electron chi connectivity index (χ2n) is 4.18. The largest absolute Gasteiger partial charge is 0.481 e. The van der Waals surface area contributed by atoms with Crippen LogP contribution in [0.3, 0.4) is 0 Å². The highest BCUT2D eigenvalue weighted by molar-refractivity contribution is 5.85. The van der Waals surface area contributed by atoms with Crippen molar-refractivity contribution >= 4 is 11.9 Å². The molecular formula is C11H22N2O3. The summed E-state index contributed by atoms with van der Waals surface area (Å²) in [5.41, 5.74) is -0.636. The van der Waals surface area contributed by atoms with E-state index in [9.17, 15) is 9.59 Å². The van der Waals surface area contributed by atoms with Crippen LogP contribution in [0.2, 0.25) is 0 Å². The second-order valence-corrected chi connectivity index (χ2v) is 4.18. The fraction of sp³-hybridized carbons (Fsp3) is 0.818. The summed E-state index contributed by atoms with van der Waals surface area (Å²) in [5, 5.41) is 11.7. The molecule has 0 saturated heterocycles. The highest BCUT2D eigenvalue weighted by Crippen LogP contribution is 2.08. The van der Waals surface area contributed by atoms with Gasteiger partial charge in [-0.1, -0.05) is 6.92 Å². The van der Waals surface area contributed by atoms with Gasteiger partial charge in [0.05, 0.1) is 12.0 Å². The van der Waals surface area contributed by atoms with Crippen molar-refractivity contribution in [1.29, 1.82) is 0 Å². The Morgan fingerprint density at radius 3 is 2.25 bits per heavy atom. The van der Waals surface area contributed by atoms with E-state index in [1.54, 1.807) is 4.90 Å². The number of nitrogens with zero attached hydrogens (tertiary/aromatic N) is 1. The Morgan fingerprint density at radius 1 is 1.31 bits per heavy atom. The van der Waals surface area contributed by atoms with Gasteiger partial charge in [0.25, 0.3) is 0 Å². The molecule has 0 aromatic rings. The molecule has 0 aromatic carbocycles. The predicted octanol–water partition coefficient (Wildman–Crippen LogP) is 0.698. The summed E-state index contributed by atoms with van der Waals surface area (Å²) in [6.45, 7) is 8.89. The molecule has 2 N–H and O–H groups in total. The summed E-state index contributed by atoms with van der Waals surface area (Å²) < 4.78 is 0. The van der Waals surface area contributed by atoms with E-state index in [2.05, 4.69) is 5.32 Å². The first-order valence-electron chi connectivity index (χ1n) is 5.61. The lowest BCUT2D eigenvalue weighted by molar-refractivity contribution is -0.140. The number of amides is 1. The van der Waals surface area contributed by atoms with Crippen molar-refractivity contribution in [3.8, 4) is 0 Å². The summed E-state index contributed by atoms with van der Waals surface area (Å²) in [7, 11) is 0. The monoisotopic (exact) mass is 230 g/mol. The van der Waals surface area contributed by atoms with Crippen LogP contribution in [0.15, 0.2) is 0 Å². The lowest BCUT2D eigenvalue weighted by atomic mass is 10.0. The number of aliphatic carboxylic acids is 1. The topological polar surface area (TPSA) is 69.6 Å². The van der Waals surface area contributed by atoms with E-state index in [-0.39, 0.29) is 18.9 Å². The molecule has 0 aliphatic rings. The van der Waals surface area contributed by atoms with Crippen molar-refractivity contribution in [3.63, 3.8) is 0 Å². The van der Waals surface area contributed by atoms with Gasteiger partial charge in [0.2, 0.25) is 5.91 Å². The Morgan fingerprint density at radius 2 is 1.88 bits per heavy atom. The lowest BCUT2D eigenvalue weighted by Crippen LogP contribution is -2.54. The maximum absolute atomic E-state index is 12.1. The molecule has 0 aliphatic carbocycles. The van der Waals surface area contributed by atoms with Crippen molar-refractivity contribution in [2.75, 3.05) is 19.6 Å². The van der Waals surface area contributed by atoms with Gasteiger partial charge in [-0.15, -0.1) is 0 Å². The molecule has 0 atom stereocenters. The maximum Gasteiger partial charge on any atom is 0.305 e. The molecule has 94 valence electrons. The first kappa shape index (κ1) is 14.9. The zero-order valence-electron chi connectivity index (χ0n) is 10.5. The molecule has 5 nitrogen and oxygen atoms in total. The number of carbonyl (C=O) groups is 2. The molecule has 1 amide bonds. The summed E-state index contributed by atoms with van der Waals surface area (Å²) in [5.74, 6) is -0.939. The maximum atomic E-state index is 12.1. The van der Waals surface area contributed by atoms with Crippen LogP contribution in [0.5, 0.6) is 0 Å². The third kappa shape index (κ3) is 4.61. The molecule has 0 aromatic heterocycles. The highest BCUT2D eigenvalue weighted by Gasteiger charge is 2.30. The van der Waals surface area contributed by atoms with Crippen molar-refractivity contribution in [2.45, 2.75) is 39.7 Å². The van der Waals surface area contributed by atoms with Gasteiger partial charge in [-0.05, 0) is 27.3 Å². The average Bonchev–Trinajstić information content (AvgIpc) is 2.17. The molecule has 0 bridgehead atoms. The lowest BCUT2D eigenvalue weighted by Gasteiger charge is -2.31. The van der Waals surface area contributed by atoms with E-state index in [4.69, 9.17) is 5.11 Å². The quantitative estimate of drug-likeness (QED) is 0.675. The van der Waals surface area contributed by atoms with Crippen molar-refractivity contribution in [1.82, 2.24) is 10.2 Å². The first-order chi connectivity index (χ1) is 7.35. The number of likely N-dealkylation sites (N-methyl/N-ethyl adjacent to an activating group) is 2. The van der Waals surface area contributed by atoms with E-state index in [1.165, 1.54) is 0 Å². The zero-order chi connectivity index (χ0) is 12.8. The van der Waals surface area contributed by atoms with Gasteiger partial charge >= 0.3 is 5.97 Å². The molecular weight excluding hydrogens is 208 g/mol. The third-order valence-electron chi connectivity index (χ3n) is 2.42. The molecule has 0 spiro atoms. The van der Waals surface area contributed by atoms with Gasteiger partial charge in [0.1, 0.15) is 0 Å². The molecule has 0 aliphatic heterocycles. The summed E-state index contributed by atoms with van der Waals surface area (Å²) in [4.78, 5) is 24.1. The second kappa shape index (κ2) is 6.48. The van der Waals surface area contributed by atoms with E-state index >= 15 is 0 Å². The normalized spacial score (nSPS) is 11.2.